The van der Waals surface area contributed by atoms with Crippen molar-refractivity contribution < 1.29 is 0 Å². The van der Waals surface area contributed by atoms with Crippen molar-refractivity contribution in [2.75, 3.05) is 18.4 Å². The van der Waals surface area contributed by atoms with Crippen LogP contribution < -0.4 is 5.32 Å². The Kier molecular flexibility index (Phi) is 4.96. The fourth-order valence-electron chi connectivity index (χ4n) is 4.11. The van der Waals surface area contributed by atoms with Crippen LogP contribution >= 0.6 is 11.6 Å². The summed E-state index contributed by atoms with van der Waals surface area (Å²) in [5.41, 5.74) is 5.31. The molecule has 1 fully saturated rings. The maximum absolute atomic E-state index is 6.13. The highest BCUT2D eigenvalue weighted by Gasteiger charge is 2.22. The lowest BCUT2D eigenvalue weighted by Gasteiger charge is -2.33. The average molecular weight is 407 g/mol. The Morgan fingerprint density at radius 2 is 2.07 bits per heavy atom. The molecule has 148 valence electrons. The van der Waals surface area contributed by atoms with E-state index in [1.807, 2.05) is 30.6 Å². The second-order valence-electron chi connectivity index (χ2n) is 7.58. The molecule has 4 aromatic rings. The maximum atomic E-state index is 6.13. The zero-order valence-corrected chi connectivity index (χ0v) is 16.8. The third kappa shape index (κ3) is 3.86. The third-order valence-corrected chi connectivity index (χ3v) is 5.84. The summed E-state index contributed by atoms with van der Waals surface area (Å²) in [6.45, 7) is 3.07. The van der Waals surface area contributed by atoms with Crippen LogP contribution in [0.5, 0.6) is 0 Å². The summed E-state index contributed by atoms with van der Waals surface area (Å²) in [4.78, 5) is 10.3. The highest BCUT2D eigenvalue weighted by Crippen LogP contribution is 2.33. The first-order chi connectivity index (χ1) is 14.3. The van der Waals surface area contributed by atoms with E-state index in [0.29, 0.717) is 6.04 Å². The van der Waals surface area contributed by atoms with Gasteiger partial charge >= 0.3 is 0 Å². The molecule has 0 unspecified atom stereocenters. The molecule has 7 heteroatoms. The molecule has 0 saturated carbocycles. The fraction of sp³-hybridized carbons (Fsp3) is 0.273. The lowest BCUT2D eigenvalue weighted by molar-refractivity contribution is 0.211. The van der Waals surface area contributed by atoms with E-state index >= 15 is 0 Å². The number of benzene rings is 1. The van der Waals surface area contributed by atoms with E-state index < -0.39 is 0 Å². The number of nitrogens with one attached hydrogen (secondary N) is 3. The molecule has 1 saturated heterocycles. The van der Waals surface area contributed by atoms with Gasteiger partial charge in [-0.25, -0.2) is 4.98 Å². The van der Waals surface area contributed by atoms with Gasteiger partial charge in [0.25, 0.3) is 0 Å². The van der Waals surface area contributed by atoms with Crippen molar-refractivity contribution in [3.05, 3.63) is 65.6 Å². The molecular weight excluding hydrogens is 384 g/mol. The minimum absolute atomic E-state index is 0.424. The number of pyridine rings is 1. The Morgan fingerprint density at radius 1 is 1.17 bits per heavy atom. The quantitative estimate of drug-likeness (QED) is 0.450. The molecule has 1 aliphatic heterocycles. The van der Waals surface area contributed by atoms with Gasteiger partial charge in [0.2, 0.25) is 0 Å². The smallest absolute Gasteiger partial charge is 0.139 e. The molecule has 3 aromatic heterocycles. The molecule has 0 bridgehead atoms. The van der Waals surface area contributed by atoms with Gasteiger partial charge in [0, 0.05) is 60.2 Å². The van der Waals surface area contributed by atoms with Gasteiger partial charge in [-0.2, -0.15) is 5.10 Å². The predicted molar refractivity (Wildman–Crippen MR) is 117 cm³/mol. The predicted octanol–water partition coefficient (Wildman–Crippen LogP) is 4.68. The van der Waals surface area contributed by atoms with Gasteiger partial charge in [-0.3, -0.25) is 10.00 Å². The molecule has 3 N–H and O–H groups in total. The highest BCUT2D eigenvalue weighted by molar-refractivity contribution is 6.30. The normalized spacial score (nSPS) is 15.8. The van der Waals surface area contributed by atoms with Gasteiger partial charge in [0.1, 0.15) is 5.65 Å². The standard InChI is InChI=1S/C22H23ClN6/c23-16-3-1-2-15(12-16)14-29-10-6-17(7-11-29)27-21-18-4-8-24-22(18)25-13-19(21)20-5-9-26-28-20/h1-5,8-9,12-13,17H,6-7,10-11,14H2,(H,26,28)(H2,24,25,27). The second-order valence-corrected chi connectivity index (χ2v) is 8.02. The van der Waals surface area contributed by atoms with Crippen molar-refractivity contribution in [3.8, 4) is 11.3 Å². The molecule has 0 aliphatic carbocycles. The lowest BCUT2D eigenvalue weighted by atomic mass is 10.0. The Hall–Kier alpha value is -2.83. The van der Waals surface area contributed by atoms with Gasteiger partial charge in [-0.15, -0.1) is 0 Å². The SMILES string of the molecule is Clc1cccc(CN2CCC(Nc3c(-c4ccn[nH]4)cnc4[nH]ccc34)CC2)c1. The molecule has 0 spiro atoms. The number of piperidine rings is 1. The minimum Gasteiger partial charge on any atom is -0.381 e. The highest BCUT2D eigenvalue weighted by atomic mass is 35.5. The number of anilines is 1. The Morgan fingerprint density at radius 3 is 2.86 bits per heavy atom. The average Bonchev–Trinajstić information content (AvgIpc) is 3.42. The summed E-state index contributed by atoms with van der Waals surface area (Å²) >= 11 is 6.13. The Labute approximate surface area is 174 Å². The second kappa shape index (κ2) is 7.89. The summed E-state index contributed by atoms with van der Waals surface area (Å²) in [5.74, 6) is 0. The van der Waals surface area contributed by atoms with E-state index in [1.54, 1.807) is 6.20 Å². The van der Waals surface area contributed by atoms with E-state index in [1.165, 1.54) is 5.56 Å². The summed E-state index contributed by atoms with van der Waals surface area (Å²) < 4.78 is 0. The number of rotatable bonds is 5. The van der Waals surface area contributed by atoms with Crippen molar-refractivity contribution in [1.29, 1.82) is 0 Å². The molecule has 1 aliphatic rings. The number of H-pyrrole nitrogens is 2. The van der Waals surface area contributed by atoms with Crippen molar-refractivity contribution in [2.24, 2.45) is 0 Å². The van der Waals surface area contributed by atoms with Crippen LogP contribution in [0.2, 0.25) is 5.02 Å². The number of hydrogen-bond acceptors (Lipinski definition) is 4. The first-order valence-electron chi connectivity index (χ1n) is 9.95. The van der Waals surface area contributed by atoms with Crippen molar-refractivity contribution in [3.63, 3.8) is 0 Å². The van der Waals surface area contributed by atoms with E-state index in [4.69, 9.17) is 11.6 Å². The first-order valence-corrected chi connectivity index (χ1v) is 10.3. The molecule has 1 aromatic carbocycles. The van der Waals surface area contributed by atoms with Gasteiger partial charge in [0.05, 0.1) is 11.4 Å². The topological polar surface area (TPSA) is 72.6 Å². The van der Waals surface area contributed by atoms with Crippen LogP contribution in [0.25, 0.3) is 22.3 Å². The fourth-order valence-corrected chi connectivity index (χ4v) is 4.32. The molecular formula is C22H23ClN6. The summed E-state index contributed by atoms with van der Waals surface area (Å²) in [5, 5.41) is 12.9. The zero-order valence-electron chi connectivity index (χ0n) is 16.0. The largest absolute Gasteiger partial charge is 0.381 e. The van der Waals surface area contributed by atoms with Gasteiger partial charge in [0.15, 0.2) is 0 Å². The molecule has 5 rings (SSSR count). The van der Waals surface area contributed by atoms with E-state index in [0.717, 1.165) is 65.5 Å². The summed E-state index contributed by atoms with van der Waals surface area (Å²) in [6, 6.07) is 12.6. The number of halogens is 1. The van der Waals surface area contributed by atoms with Gasteiger partial charge in [-0.05, 0) is 42.7 Å². The van der Waals surface area contributed by atoms with Crippen molar-refractivity contribution in [1.82, 2.24) is 25.1 Å². The van der Waals surface area contributed by atoms with Crippen molar-refractivity contribution in [2.45, 2.75) is 25.4 Å². The molecule has 0 atom stereocenters. The van der Waals surface area contributed by atoms with Crippen LogP contribution in [0.3, 0.4) is 0 Å². The number of nitrogens with zero attached hydrogens (tertiary/aromatic N) is 3. The zero-order chi connectivity index (χ0) is 19.6. The molecule has 6 nitrogen and oxygen atoms in total. The monoisotopic (exact) mass is 406 g/mol. The van der Waals surface area contributed by atoms with Crippen LogP contribution in [0, 0.1) is 0 Å². The van der Waals surface area contributed by atoms with E-state index in [-0.39, 0.29) is 0 Å². The van der Waals surface area contributed by atoms with E-state index in [2.05, 4.69) is 48.6 Å². The molecule has 0 radical (unpaired) electrons. The van der Waals surface area contributed by atoms with Gasteiger partial charge < -0.3 is 10.3 Å². The lowest BCUT2D eigenvalue weighted by Crippen LogP contribution is -2.38. The van der Waals surface area contributed by atoms with Crippen LogP contribution in [0.1, 0.15) is 18.4 Å². The maximum Gasteiger partial charge on any atom is 0.139 e. The Bertz CT molecular complexity index is 1100. The van der Waals surface area contributed by atoms with Crippen LogP contribution in [0.4, 0.5) is 5.69 Å². The number of likely N-dealkylation sites (tertiary alicyclic amines) is 1. The van der Waals surface area contributed by atoms with Gasteiger partial charge in [-0.1, -0.05) is 23.7 Å². The molecule has 0 amide bonds. The summed E-state index contributed by atoms with van der Waals surface area (Å²) in [6.07, 6.45) is 7.80. The molecule has 4 heterocycles. The van der Waals surface area contributed by atoms with Crippen LogP contribution in [0.15, 0.2) is 55.0 Å². The number of aromatic amines is 2. The molecule has 29 heavy (non-hydrogen) atoms. The minimum atomic E-state index is 0.424. The van der Waals surface area contributed by atoms with Crippen LogP contribution in [-0.4, -0.2) is 44.2 Å². The Balaban J connectivity index is 1.31. The third-order valence-electron chi connectivity index (χ3n) is 5.61. The number of hydrogen-bond donors (Lipinski definition) is 3. The summed E-state index contributed by atoms with van der Waals surface area (Å²) in [7, 11) is 0. The van der Waals surface area contributed by atoms with Crippen molar-refractivity contribution >= 4 is 28.3 Å². The van der Waals surface area contributed by atoms with E-state index in [9.17, 15) is 0 Å². The number of fused-ring (bicyclic) bond motifs is 1. The van der Waals surface area contributed by atoms with Crippen LogP contribution in [-0.2, 0) is 6.54 Å². The number of aromatic nitrogens is 4. The first kappa shape index (κ1) is 18.2.